The van der Waals surface area contributed by atoms with Crippen molar-refractivity contribution in [3.63, 3.8) is 0 Å². The summed E-state index contributed by atoms with van der Waals surface area (Å²) >= 11 is 0. The van der Waals surface area contributed by atoms with E-state index in [4.69, 9.17) is 9.47 Å². The van der Waals surface area contributed by atoms with E-state index in [0.717, 1.165) is 19.3 Å². The van der Waals surface area contributed by atoms with Crippen LogP contribution in [0.15, 0.2) is 0 Å². The fraction of sp³-hybridized carbons (Fsp3) is 0.938. The summed E-state index contributed by atoms with van der Waals surface area (Å²) in [5.41, 5.74) is 0. The predicted molar refractivity (Wildman–Crippen MR) is 84.7 cm³/mol. The number of hydrogen-bond donors (Lipinski definition) is 4. The zero-order valence-electron chi connectivity index (χ0n) is 14.1. The SMILES string of the molecule is CCCCCCCCO[C@@H]1O[C@H](CO)[C@H](O)[C@H](O)[C@@H]1NC(C)=O. The van der Waals surface area contributed by atoms with Crippen LogP contribution in [-0.2, 0) is 14.3 Å². The second-order valence-electron chi connectivity index (χ2n) is 6.07. The van der Waals surface area contributed by atoms with E-state index in [1.807, 2.05) is 0 Å². The van der Waals surface area contributed by atoms with E-state index < -0.39 is 37.3 Å². The smallest absolute Gasteiger partial charge is 0.217 e. The monoisotopic (exact) mass is 333 g/mol. The summed E-state index contributed by atoms with van der Waals surface area (Å²) in [6.07, 6.45) is 2.37. The maximum atomic E-state index is 11.3. The van der Waals surface area contributed by atoms with Crippen LogP contribution in [0.5, 0.6) is 0 Å². The first-order chi connectivity index (χ1) is 11.0. The van der Waals surface area contributed by atoms with Crippen LogP contribution in [0.25, 0.3) is 0 Å². The van der Waals surface area contributed by atoms with Gasteiger partial charge in [0, 0.05) is 13.5 Å². The van der Waals surface area contributed by atoms with Crippen LogP contribution in [0.3, 0.4) is 0 Å². The molecule has 4 N–H and O–H groups in total. The third-order valence-corrected chi connectivity index (χ3v) is 4.03. The molecular formula is C16H31NO6. The molecule has 1 heterocycles. The largest absolute Gasteiger partial charge is 0.394 e. The Kier molecular flexibility index (Phi) is 9.66. The lowest BCUT2D eigenvalue weighted by Crippen LogP contribution is -2.64. The minimum absolute atomic E-state index is 0.347. The van der Waals surface area contributed by atoms with Gasteiger partial charge < -0.3 is 30.1 Å². The molecular weight excluding hydrogens is 302 g/mol. The number of aliphatic hydroxyl groups is 3. The van der Waals surface area contributed by atoms with Gasteiger partial charge in [0.05, 0.1) is 6.61 Å². The molecule has 7 heteroatoms. The molecule has 7 nitrogen and oxygen atoms in total. The van der Waals surface area contributed by atoms with Gasteiger partial charge in [0.2, 0.25) is 5.91 Å². The van der Waals surface area contributed by atoms with Gasteiger partial charge >= 0.3 is 0 Å². The number of carbonyl (C=O) groups excluding carboxylic acids is 1. The summed E-state index contributed by atoms with van der Waals surface area (Å²) in [6, 6.07) is -0.856. The molecule has 0 aromatic carbocycles. The number of ether oxygens (including phenoxy) is 2. The van der Waals surface area contributed by atoms with Crippen molar-refractivity contribution in [1.29, 1.82) is 0 Å². The number of hydrogen-bond acceptors (Lipinski definition) is 6. The molecule has 0 saturated carbocycles. The molecule has 136 valence electrons. The summed E-state index contributed by atoms with van der Waals surface area (Å²) in [5, 5.41) is 31.8. The Hall–Kier alpha value is -0.730. The first kappa shape index (κ1) is 20.3. The second kappa shape index (κ2) is 10.9. The van der Waals surface area contributed by atoms with Crippen LogP contribution in [0.4, 0.5) is 0 Å². The first-order valence-electron chi connectivity index (χ1n) is 8.52. The van der Waals surface area contributed by atoms with Gasteiger partial charge in [0.15, 0.2) is 6.29 Å². The molecule has 0 aromatic rings. The van der Waals surface area contributed by atoms with Crippen molar-refractivity contribution in [3.8, 4) is 0 Å². The van der Waals surface area contributed by atoms with Crippen molar-refractivity contribution >= 4 is 5.91 Å². The lowest BCUT2D eigenvalue weighted by molar-refractivity contribution is -0.270. The van der Waals surface area contributed by atoms with Gasteiger partial charge in [0.1, 0.15) is 24.4 Å². The van der Waals surface area contributed by atoms with Crippen LogP contribution in [0.1, 0.15) is 52.4 Å². The van der Waals surface area contributed by atoms with Crippen molar-refractivity contribution < 1.29 is 29.6 Å². The van der Waals surface area contributed by atoms with E-state index >= 15 is 0 Å². The highest BCUT2D eigenvalue weighted by Gasteiger charge is 2.45. The van der Waals surface area contributed by atoms with Gasteiger partial charge in [-0.2, -0.15) is 0 Å². The predicted octanol–water partition coefficient (Wildman–Crippen LogP) is 0.307. The van der Waals surface area contributed by atoms with Crippen LogP contribution < -0.4 is 5.32 Å². The van der Waals surface area contributed by atoms with E-state index in [2.05, 4.69) is 12.2 Å². The maximum absolute atomic E-state index is 11.3. The zero-order chi connectivity index (χ0) is 17.2. The summed E-state index contributed by atoms with van der Waals surface area (Å²) in [5.74, 6) is -0.347. The van der Waals surface area contributed by atoms with Gasteiger partial charge in [-0.3, -0.25) is 4.79 Å². The topological polar surface area (TPSA) is 108 Å². The molecule has 0 radical (unpaired) electrons. The molecule has 23 heavy (non-hydrogen) atoms. The molecule has 1 amide bonds. The van der Waals surface area contributed by atoms with Crippen molar-refractivity contribution in [2.24, 2.45) is 0 Å². The fourth-order valence-electron chi connectivity index (χ4n) is 2.69. The molecule has 0 bridgehead atoms. The Bertz CT molecular complexity index is 341. The molecule has 1 rings (SSSR count). The summed E-state index contributed by atoms with van der Waals surface area (Å²) in [7, 11) is 0. The Labute approximate surface area is 138 Å². The van der Waals surface area contributed by atoms with Crippen molar-refractivity contribution in [2.45, 2.75) is 83.0 Å². The number of aliphatic hydroxyl groups excluding tert-OH is 3. The van der Waals surface area contributed by atoms with Crippen LogP contribution in [0.2, 0.25) is 0 Å². The van der Waals surface area contributed by atoms with Gasteiger partial charge in [-0.25, -0.2) is 0 Å². The highest BCUT2D eigenvalue weighted by molar-refractivity contribution is 5.73. The van der Waals surface area contributed by atoms with Gasteiger partial charge in [-0.15, -0.1) is 0 Å². The number of nitrogens with one attached hydrogen (secondary N) is 1. The average molecular weight is 333 g/mol. The highest BCUT2D eigenvalue weighted by Crippen LogP contribution is 2.22. The molecule has 1 fully saturated rings. The van der Waals surface area contributed by atoms with E-state index in [0.29, 0.717) is 6.61 Å². The lowest BCUT2D eigenvalue weighted by atomic mass is 9.97. The molecule has 1 aliphatic rings. The number of carbonyl (C=O) groups is 1. The molecule has 0 aromatic heterocycles. The molecule has 5 atom stereocenters. The molecule has 0 unspecified atom stereocenters. The minimum Gasteiger partial charge on any atom is -0.394 e. The third-order valence-electron chi connectivity index (χ3n) is 4.03. The van der Waals surface area contributed by atoms with Gasteiger partial charge in [0.25, 0.3) is 0 Å². The molecule has 0 aliphatic carbocycles. The van der Waals surface area contributed by atoms with E-state index in [1.165, 1.54) is 26.2 Å². The van der Waals surface area contributed by atoms with Crippen molar-refractivity contribution in [1.82, 2.24) is 5.32 Å². The fourth-order valence-corrected chi connectivity index (χ4v) is 2.69. The Morgan fingerprint density at radius 2 is 1.78 bits per heavy atom. The highest BCUT2D eigenvalue weighted by atomic mass is 16.7. The van der Waals surface area contributed by atoms with Crippen molar-refractivity contribution in [3.05, 3.63) is 0 Å². The summed E-state index contributed by atoms with van der Waals surface area (Å²) < 4.78 is 11.1. The van der Waals surface area contributed by atoms with Crippen LogP contribution >= 0.6 is 0 Å². The van der Waals surface area contributed by atoms with E-state index in [1.54, 1.807) is 0 Å². The van der Waals surface area contributed by atoms with Gasteiger partial charge in [-0.1, -0.05) is 39.0 Å². The number of amides is 1. The summed E-state index contributed by atoms with van der Waals surface area (Å²) in [4.78, 5) is 11.3. The lowest BCUT2D eigenvalue weighted by Gasteiger charge is -2.42. The second-order valence-corrected chi connectivity index (χ2v) is 6.07. The maximum Gasteiger partial charge on any atom is 0.217 e. The van der Waals surface area contributed by atoms with E-state index in [9.17, 15) is 20.1 Å². The number of unbranched alkanes of at least 4 members (excludes halogenated alkanes) is 5. The van der Waals surface area contributed by atoms with Crippen molar-refractivity contribution in [2.75, 3.05) is 13.2 Å². The normalized spacial score (nSPS) is 31.1. The standard InChI is InChI=1S/C16H31NO6/c1-3-4-5-6-7-8-9-22-16-13(17-11(2)19)15(21)14(20)12(10-18)23-16/h12-16,18,20-21H,3-10H2,1-2H3,(H,17,19)/t12-,13+,14+,15-,16-/m1/s1. The average Bonchev–Trinajstić information content (AvgIpc) is 2.52. The zero-order valence-corrected chi connectivity index (χ0v) is 14.1. The van der Waals surface area contributed by atoms with Crippen LogP contribution in [-0.4, -0.2) is 65.1 Å². The molecule has 0 spiro atoms. The third kappa shape index (κ3) is 6.73. The first-order valence-corrected chi connectivity index (χ1v) is 8.52. The summed E-state index contributed by atoms with van der Waals surface area (Å²) in [6.45, 7) is 3.50. The van der Waals surface area contributed by atoms with E-state index in [-0.39, 0.29) is 5.91 Å². The Morgan fingerprint density at radius 3 is 2.39 bits per heavy atom. The number of rotatable bonds is 10. The quantitative estimate of drug-likeness (QED) is 0.429. The minimum atomic E-state index is -1.27. The Balaban J connectivity index is 2.45. The Morgan fingerprint density at radius 1 is 1.13 bits per heavy atom. The molecule has 1 saturated heterocycles. The van der Waals surface area contributed by atoms with Gasteiger partial charge in [-0.05, 0) is 6.42 Å². The van der Waals surface area contributed by atoms with Crippen LogP contribution in [0, 0.1) is 0 Å². The molecule has 1 aliphatic heterocycles.